The maximum atomic E-state index is 12.4. The number of benzene rings is 2. The molecule has 1 amide bonds. The monoisotopic (exact) mass is 360 g/mol. The van der Waals surface area contributed by atoms with Crippen molar-refractivity contribution in [2.75, 3.05) is 27.7 Å². The number of amides is 1. The van der Waals surface area contributed by atoms with Gasteiger partial charge in [0.1, 0.15) is 0 Å². The third kappa shape index (κ3) is 4.81. The van der Waals surface area contributed by atoms with Crippen molar-refractivity contribution < 1.29 is 14.3 Å². The molecule has 0 aromatic heterocycles. The number of ether oxygens (including phenoxy) is 1. The molecule has 1 N–H and O–H groups in total. The normalized spacial score (nSPS) is 11.9. The molecule has 0 aliphatic carbocycles. The van der Waals surface area contributed by atoms with Crippen LogP contribution in [0.4, 0.5) is 0 Å². The first-order valence-electron chi connectivity index (χ1n) is 7.81. The standard InChI is InChI=1S/C19H21ClN2O3/c1-22(2)17(15-6-4-5-7-16(15)20)12-21-18(23)13-8-10-14(11-9-13)19(24)25-3/h4-11,17H,12H2,1-3H3,(H,21,23)/t17-/m1/s1. The topological polar surface area (TPSA) is 58.6 Å². The Labute approximate surface area is 152 Å². The highest BCUT2D eigenvalue weighted by Gasteiger charge is 2.18. The smallest absolute Gasteiger partial charge is 0.337 e. The van der Waals surface area contributed by atoms with Crippen molar-refractivity contribution in [2.24, 2.45) is 0 Å². The molecule has 0 aliphatic rings. The van der Waals surface area contributed by atoms with E-state index in [1.54, 1.807) is 24.3 Å². The molecule has 5 nitrogen and oxygen atoms in total. The second-order valence-electron chi connectivity index (χ2n) is 5.78. The number of hydrogen-bond acceptors (Lipinski definition) is 4. The van der Waals surface area contributed by atoms with Gasteiger partial charge in [0, 0.05) is 17.1 Å². The first-order valence-corrected chi connectivity index (χ1v) is 8.19. The SMILES string of the molecule is COC(=O)c1ccc(C(=O)NC[C@H](c2ccccc2Cl)N(C)C)cc1. The van der Waals surface area contributed by atoms with Gasteiger partial charge in [-0.3, -0.25) is 4.79 Å². The molecule has 1 atom stereocenters. The van der Waals surface area contributed by atoms with E-state index in [0.29, 0.717) is 22.7 Å². The van der Waals surface area contributed by atoms with Crippen LogP contribution in [0.3, 0.4) is 0 Å². The van der Waals surface area contributed by atoms with Crippen LogP contribution in [0.25, 0.3) is 0 Å². The van der Waals surface area contributed by atoms with E-state index >= 15 is 0 Å². The predicted octanol–water partition coefficient (Wildman–Crippen LogP) is 3.16. The molecule has 2 rings (SSSR count). The third-order valence-corrected chi connectivity index (χ3v) is 4.26. The Hall–Kier alpha value is -2.37. The Balaban J connectivity index is 2.06. The summed E-state index contributed by atoms with van der Waals surface area (Å²) in [5, 5.41) is 3.58. The zero-order chi connectivity index (χ0) is 18.4. The number of methoxy groups -OCH3 is 1. The maximum Gasteiger partial charge on any atom is 0.337 e. The van der Waals surface area contributed by atoms with Crippen molar-refractivity contribution in [1.82, 2.24) is 10.2 Å². The largest absolute Gasteiger partial charge is 0.465 e. The summed E-state index contributed by atoms with van der Waals surface area (Å²) in [7, 11) is 5.19. The zero-order valence-corrected chi connectivity index (χ0v) is 15.2. The Morgan fingerprint density at radius 1 is 1.08 bits per heavy atom. The van der Waals surface area contributed by atoms with Gasteiger partial charge in [0.2, 0.25) is 0 Å². The van der Waals surface area contributed by atoms with Crippen molar-refractivity contribution in [3.63, 3.8) is 0 Å². The minimum Gasteiger partial charge on any atom is -0.465 e. The van der Waals surface area contributed by atoms with Gasteiger partial charge < -0.3 is 15.0 Å². The number of nitrogens with zero attached hydrogens (tertiary/aromatic N) is 1. The molecule has 2 aromatic rings. The number of nitrogens with one attached hydrogen (secondary N) is 1. The highest BCUT2D eigenvalue weighted by Crippen LogP contribution is 2.25. The number of rotatable bonds is 6. The van der Waals surface area contributed by atoms with Gasteiger partial charge in [0.25, 0.3) is 5.91 Å². The van der Waals surface area contributed by atoms with Gasteiger partial charge in [0.05, 0.1) is 18.7 Å². The molecule has 0 heterocycles. The highest BCUT2D eigenvalue weighted by atomic mass is 35.5. The van der Waals surface area contributed by atoms with Crippen LogP contribution >= 0.6 is 11.6 Å². The molecule has 0 aliphatic heterocycles. The molecule has 0 fully saturated rings. The second-order valence-corrected chi connectivity index (χ2v) is 6.19. The molecule has 0 saturated heterocycles. The number of hydrogen-bond donors (Lipinski definition) is 1. The predicted molar refractivity (Wildman–Crippen MR) is 98.0 cm³/mol. The summed E-state index contributed by atoms with van der Waals surface area (Å²) in [6.45, 7) is 0.411. The lowest BCUT2D eigenvalue weighted by Gasteiger charge is -2.26. The van der Waals surface area contributed by atoms with Crippen molar-refractivity contribution in [3.8, 4) is 0 Å². The molecule has 0 bridgehead atoms. The summed E-state index contributed by atoms with van der Waals surface area (Å²) < 4.78 is 4.64. The molecule has 2 aromatic carbocycles. The van der Waals surface area contributed by atoms with E-state index in [0.717, 1.165) is 5.56 Å². The Bertz CT molecular complexity index is 745. The van der Waals surface area contributed by atoms with E-state index in [9.17, 15) is 9.59 Å². The fourth-order valence-corrected chi connectivity index (χ4v) is 2.74. The molecule has 6 heteroatoms. The number of carbonyl (C=O) groups is 2. The first kappa shape index (κ1) is 19.0. The average molecular weight is 361 g/mol. The van der Waals surface area contributed by atoms with E-state index in [1.807, 2.05) is 43.3 Å². The summed E-state index contributed by atoms with van der Waals surface area (Å²) >= 11 is 6.27. The Morgan fingerprint density at radius 3 is 2.24 bits per heavy atom. The van der Waals surface area contributed by atoms with Crippen LogP contribution in [0.5, 0.6) is 0 Å². The van der Waals surface area contributed by atoms with Crippen molar-refractivity contribution in [1.29, 1.82) is 0 Å². The molecule has 0 spiro atoms. The first-order chi connectivity index (χ1) is 11.9. The van der Waals surface area contributed by atoms with Gasteiger partial charge in [-0.25, -0.2) is 4.79 Å². The number of esters is 1. The van der Waals surface area contributed by atoms with Crippen LogP contribution in [-0.2, 0) is 4.74 Å². The van der Waals surface area contributed by atoms with E-state index in [1.165, 1.54) is 7.11 Å². The number of likely N-dealkylation sites (N-methyl/N-ethyl adjacent to an activating group) is 1. The van der Waals surface area contributed by atoms with Crippen LogP contribution in [-0.4, -0.2) is 44.5 Å². The van der Waals surface area contributed by atoms with E-state index in [2.05, 4.69) is 10.1 Å². The van der Waals surface area contributed by atoms with Gasteiger partial charge in [-0.15, -0.1) is 0 Å². The molecule has 25 heavy (non-hydrogen) atoms. The fraction of sp³-hybridized carbons (Fsp3) is 0.263. The van der Waals surface area contributed by atoms with Gasteiger partial charge >= 0.3 is 5.97 Å². The van der Waals surface area contributed by atoms with Gasteiger partial charge in [-0.2, -0.15) is 0 Å². The van der Waals surface area contributed by atoms with E-state index < -0.39 is 5.97 Å². The molecule has 0 unspecified atom stereocenters. The number of halogens is 1. The third-order valence-electron chi connectivity index (χ3n) is 3.91. The summed E-state index contributed by atoms with van der Waals surface area (Å²) in [6.07, 6.45) is 0. The van der Waals surface area contributed by atoms with Crippen LogP contribution in [0.15, 0.2) is 48.5 Å². The zero-order valence-electron chi connectivity index (χ0n) is 14.5. The number of carbonyl (C=O) groups excluding carboxylic acids is 2. The van der Waals surface area contributed by atoms with Crippen LogP contribution in [0, 0.1) is 0 Å². The summed E-state index contributed by atoms with van der Waals surface area (Å²) in [5.74, 6) is -0.645. The van der Waals surface area contributed by atoms with Gasteiger partial charge in [-0.1, -0.05) is 29.8 Å². The highest BCUT2D eigenvalue weighted by molar-refractivity contribution is 6.31. The lowest BCUT2D eigenvalue weighted by atomic mass is 10.1. The van der Waals surface area contributed by atoms with Crippen LogP contribution in [0.1, 0.15) is 32.3 Å². The van der Waals surface area contributed by atoms with E-state index in [-0.39, 0.29) is 11.9 Å². The fourth-order valence-electron chi connectivity index (χ4n) is 2.48. The summed E-state index contributed by atoms with van der Waals surface area (Å²) in [5.41, 5.74) is 1.83. The van der Waals surface area contributed by atoms with Crippen LogP contribution in [0.2, 0.25) is 5.02 Å². The second kappa shape index (κ2) is 8.65. The van der Waals surface area contributed by atoms with Crippen molar-refractivity contribution >= 4 is 23.5 Å². The van der Waals surface area contributed by atoms with Crippen LogP contribution < -0.4 is 5.32 Å². The average Bonchev–Trinajstić information content (AvgIpc) is 2.62. The molecule has 132 valence electrons. The minimum atomic E-state index is -0.432. The maximum absolute atomic E-state index is 12.4. The van der Waals surface area contributed by atoms with Gasteiger partial charge in [-0.05, 0) is 50.0 Å². The molecular formula is C19H21ClN2O3. The molecule has 0 saturated carbocycles. The molecule has 0 radical (unpaired) electrons. The molecular weight excluding hydrogens is 340 g/mol. The summed E-state index contributed by atoms with van der Waals surface area (Å²) in [4.78, 5) is 25.8. The van der Waals surface area contributed by atoms with Crippen molar-refractivity contribution in [3.05, 3.63) is 70.2 Å². The summed E-state index contributed by atoms with van der Waals surface area (Å²) in [6, 6.07) is 13.9. The lowest BCUT2D eigenvalue weighted by molar-refractivity contribution is 0.0600. The lowest BCUT2D eigenvalue weighted by Crippen LogP contribution is -2.34. The quantitative estimate of drug-likeness (QED) is 0.804. The van der Waals surface area contributed by atoms with Crippen molar-refractivity contribution in [2.45, 2.75) is 6.04 Å². The Kier molecular flexibility index (Phi) is 6.56. The van der Waals surface area contributed by atoms with Gasteiger partial charge in [0.15, 0.2) is 0 Å². The van der Waals surface area contributed by atoms with E-state index in [4.69, 9.17) is 11.6 Å². The minimum absolute atomic E-state index is 0.0491. The Morgan fingerprint density at radius 2 is 1.68 bits per heavy atom.